The molecule has 1 N–H and O–H groups in total. The van der Waals surface area contributed by atoms with Crippen LogP contribution in [-0.2, 0) is 6.42 Å². The van der Waals surface area contributed by atoms with Crippen molar-refractivity contribution < 1.29 is 9.47 Å². The number of hydrogen-bond donors (Lipinski definition) is 1. The summed E-state index contributed by atoms with van der Waals surface area (Å²) < 4.78 is 16.4. The first-order chi connectivity index (χ1) is 15.2. The second-order valence-electron chi connectivity index (χ2n) is 6.36. The maximum atomic E-state index is 5.96. The zero-order valence-electron chi connectivity index (χ0n) is 16.9. The summed E-state index contributed by atoms with van der Waals surface area (Å²) >= 11 is 9.00. The van der Waals surface area contributed by atoms with Gasteiger partial charge in [-0.1, -0.05) is 29.8 Å². The minimum absolute atomic E-state index is 0.564. The summed E-state index contributed by atoms with van der Waals surface area (Å²) in [6.07, 6.45) is 2.63. The summed E-state index contributed by atoms with van der Waals surface area (Å²) in [5.41, 5.74) is 1.93. The summed E-state index contributed by atoms with van der Waals surface area (Å²) in [5, 5.41) is 12.2. The molecule has 0 spiro atoms. The van der Waals surface area contributed by atoms with Crippen LogP contribution in [0.1, 0.15) is 5.56 Å². The van der Waals surface area contributed by atoms with Gasteiger partial charge in [0.1, 0.15) is 17.2 Å². The molecule has 0 amide bonds. The molecule has 0 aliphatic carbocycles. The number of rotatable bonds is 9. The number of hydrogen-bond acceptors (Lipinski definition) is 8. The Morgan fingerprint density at radius 1 is 1.06 bits per heavy atom. The van der Waals surface area contributed by atoms with Crippen molar-refractivity contribution in [2.75, 3.05) is 24.7 Å². The third-order valence-corrected chi connectivity index (χ3v) is 6.24. The quantitative estimate of drug-likeness (QED) is 0.259. The van der Waals surface area contributed by atoms with E-state index in [4.69, 9.17) is 21.1 Å². The van der Waals surface area contributed by atoms with Crippen LogP contribution in [0.15, 0.2) is 54.0 Å². The molecule has 0 aliphatic rings. The van der Waals surface area contributed by atoms with E-state index >= 15 is 0 Å². The number of benzene rings is 2. The summed E-state index contributed by atoms with van der Waals surface area (Å²) in [7, 11) is 3.25. The Kier molecular flexibility index (Phi) is 6.96. The molecule has 0 aliphatic heterocycles. The minimum Gasteiger partial charge on any atom is -0.494 e. The summed E-state index contributed by atoms with van der Waals surface area (Å²) in [4.78, 5) is 4.41. The lowest BCUT2D eigenvalue weighted by atomic mass is 10.2. The highest BCUT2D eigenvalue weighted by molar-refractivity contribution is 8.00. The van der Waals surface area contributed by atoms with E-state index < -0.39 is 0 Å². The van der Waals surface area contributed by atoms with Gasteiger partial charge in [0.2, 0.25) is 5.95 Å². The van der Waals surface area contributed by atoms with Crippen molar-refractivity contribution in [3.05, 3.63) is 64.6 Å². The van der Waals surface area contributed by atoms with E-state index in [2.05, 4.69) is 19.9 Å². The monoisotopic (exact) mass is 473 g/mol. The van der Waals surface area contributed by atoms with Crippen molar-refractivity contribution in [2.24, 2.45) is 0 Å². The van der Waals surface area contributed by atoms with Gasteiger partial charge in [-0.15, -0.1) is 21.5 Å². The molecule has 2 aromatic carbocycles. The fraction of sp³-hybridized carbons (Fsp3) is 0.190. The third kappa shape index (κ3) is 4.79. The van der Waals surface area contributed by atoms with E-state index in [1.54, 1.807) is 32.4 Å². The highest BCUT2D eigenvalue weighted by Gasteiger charge is 2.23. The van der Waals surface area contributed by atoms with Crippen LogP contribution in [0.2, 0.25) is 5.02 Å². The van der Waals surface area contributed by atoms with E-state index in [1.807, 2.05) is 52.4 Å². The summed E-state index contributed by atoms with van der Waals surface area (Å²) in [6.45, 7) is 0. The first kappa shape index (κ1) is 21.5. The number of aryl methyl sites for hydroxylation is 1. The molecule has 4 rings (SSSR count). The molecule has 2 heterocycles. The van der Waals surface area contributed by atoms with E-state index in [0.29, 0.717) is 29.0 Å². The highest BCUT2D eigenvalue weighted by atomic mass is 35.5. The van der Waals surface area contributed by atoms with E-state index in [9.17, 15) is 0 Å². The topological polar surface area (TPSA) is 74.1 Å². The molecule has 4 aromatic rings. The average Bonchev–Trinajstić information content (AvgIpc) is 3.47. The molecule has 0 radical (unpaired) electrons. The van der Waals surface area contributed by atoms with Crippen LogP contribution >= 0.6 is 34.9 Å². The van der Waals surface area contributed by atoms with Gasteiger partial charge in [-0.3, -0.25) is 9.29 Å². The molecular weight excluding hydrogens is 454 g/mol. The second kappa shape index (κ2) is 10.0. The number of nitrogens with one attached hydrogen (secondary N) is 1. The summed E-state index contributed by atoms with van der Waals surface area (Å²) in [6, 6.07) is 13.5. The Morgan fingerprint density at radius 2 is 1.81 bits per heavy atom. The second-order valence-corrected chi connectivity index (χ2v) is 8.59. The number of halogens is 1. The Hall–Kier alpha value is -2.75. The first-order valence-corrected chi connectivity index (χ1v) is 11.6. The number of methoxy groups -OCH3 is 2. The van der Waals surface area contributed by atoms with Crippen molar-refractivity contribution in [3.8, 4) is 28.0 Å². The van der Waals surface area contributed by atoms with E-state index in [-0.39, 0.29) is 0 Å². The van der Waals surface area contributed by atoms with E-state index in [0.717, 1.165) is 22.2 Å². The Labute approximate surface area is 193 Å². The van der Waals surface area contributed by atoms with Crippen molar-refractivity contribution >= 4 is 40.8 Å². The Balaban J connectivity index is 1.63. The minimum atomic E-state index is 0.564. The van der Waals surface area contributed by atoms with Crippen LogP contribution in [-0.4, -0.2) is 39.7 Å². The van der Waals surface area contributed by atoms with Gasteiger partial charge >= 0.3 is 0 Å². The van der Waals surface area contributed by atoms with Gasteiger partial charge in [0.25, 0.3) is 0 Å². The van der Waals surface area contributed by atoms with Crippen molar-refractivity contribution in [1.29, 1.82) is 0 Å². The highest BCUT2D eigenvalue weighted by Crippen LogP contribution is 2.38. The molecule has 160 valence electrons. The Bertz CT molecular complexity index is 1110. The number of nitrogens with zero attached hydrogens (tertiary/aromatic N) is 4. The van der Waals surface area contributed by atoms with Crippen molar-refractivity contribution in [2.45, 2.75) is 6.42 Å². The van der Waals surface area contributed by atoms with Gasteiger partial charge < -0.3 is 9.47 Å². The zero-order valence-corrected chi connectivity index (χ0v) is 19.3. The molecule has 0 atom stereocenters. The largest absolute Gasteiger partial charge is 0.494 e. The van der Waals surface area contributed by atoms with Crippen LogP contribution in [0.25, 0.3) is 16.5 Å². The lowest BCUT2D eigenvalue weighted by molar-refractivity contribution is 0.391. The first-order valence-electron chi connectivity index (χ1n) is 9.40. The maximum absolute atomic E-state index is 5.96. The van der Waals surface area contributed by atoms with Gasteiger partial charge in [-0.05, 0) is 48.2 Å². The molecule has 2 aromatic heterocycles. The number of ether oxygens (including phenoxy) is 2. The van der Waals surface area contributed by atoms with Gasteiger partial charge in [0.05, 0.1) is 14.2 Å². The van der Waals surface area contributed by atoms with Crippen LogP contribution in [0, 0.1) is 0 Å². The Morgan fingerprint density at radius 3 is 2.45 bits per heavy atom. The van der Waals surface area contributed by atoms with Crippen LogP contribution in [0.3, 0.4) is 0 Å². The SMILES string of the molecule is COc1cccc(OC)c1-n1c(NSCCc2ccc(Cl)cc2)nnc1-c1nccs1. The maximum Gasteiger partial charge on any atom is 0.239 e. The van der Waals surface area contributed by atoms with Crippen molar-refractivity contribution in [1.82, 2.24) is 19.7 Å². The number of aromatic nitrogens is 4. The molecule has 7 nitrogen and oxygen atoms in total. The smallest absolute Gasteiger partial charge is 0.239 e. The molecule has 31 heavy (non-hydrogen) atoms. The van der Waals surface area contributed by atoms with Crippen molar-refractivity contribution in [3.63, 3.8) is 0 Å². The summed E-state index contributed by atoms with van der Waals surface area (Å²) in [5.74, 6) is 3.30. The normalized spacial score (nSPS) is 10.8. The molecule has 10 heteroatoms. The number of thiazole rings is 1. The number of anilines is 1. The van der Waals surface area contributed by atoms with Gasteiger partial charge in [0.15, 0.2) is 10.8 Å². The number of para-hydroxylation sites is 1. The van der Waals surface area contributed by atoms with Crippen LogP contribution in [0.4, 0.5) is 5.95 Å². The van der Waals surface area contributed by atoms with Crippen LogP contribution in [0.5, 0.6) is 11.5 Å². The predicted octanol–water partition coefficient (Wildman–Crippen LogP) is 5.36. The standard InChI is InChI=1S/C21H20ClN5O2S2/c1-28-16-4-3-5-17(29-2)18(16)27-19(20-23-11-13-30-20)24-25-21(27)26-31-12-10-14-6-8-15(22)9-7-14/h3-9,11,13H,10,12H2,1-2H3,(H,25,26). The van der Waals surface area contributed by atoms with Gasteiger partial charge in [0, 0.05) is 22.4 Å². The average molecular weight is 474 g/mol. The predicted molar refractivity (Wildman–Crippen MR) is 127 cm³/mol. The molecule has 0 saturated heterocycles. The fourth-order valence-corrected chi connectivity index (χ4v) is 4.46. The third-order valence-electron chi connectivity index (χ3n) is 4.48. The molecular formula is C21H20ClN5O2S2. The molecule has 0 fully saturated rings. The van der Waals surface area contributed by atoms with E-state index in [1.165, 1.54) is 16.9 Å². The van der Waals surface area contributed by atoms with Gasteiger partial charge in [-0.2, -0.15) is 0 Å². The fourth-order valence-electron chi connectivity index (χ4n) is 3.02. The molecule has 0 unspecified atom stereocenters. The van der Waals surface area contributed by atoms with Crippen LogP contribution < -0.4 is 14.2 Å². The molecule has 0 bridgehead atoms. The lowest BCUT2D eigenvalue weighted by Gasteiger charge is -2.16. The zero-order chi connectivity index (χ0) is 21.6. The lowest BCUT2D eigenvalue weighted by Crippen LogP contribution is -2.07. The molecule has 0 saturated carbocycles. The van der Waals surface area contributed by atoms with Gasteiger partial charge in [-0.25, -0.2) is 4.98 Å².